The van der Waals surface area contributed by atoms with Crippen LogP contribution in [0.1, 0.15) is 25.5 Å². The van der Waals surface area contributed by atoms with Crippen LogP contribution in [0.15, 0.2) is 12.3 Å². The third-order valence-corrected chi connectivity index (χ3v) is 1.74. The van der Waals surface area contributed by atoms with Gasteiger partial charge in [0.05, 0.1) is 11.6 Å². The topological polar surface area (TPSA) is 17.8 Å². The minimum absolute atomic E-state index is 0.164. The summed E-state index contributed by atoms with van der Waals surface area (Å²) in [5.41, 5.74) is 1.12. The number of rotatable bonds is 2. The summed E-state index contributed by atoms with van der Waals surface area (Å²) in [7, 11) is 0. The Morgan fingerprint density at radius 1 is 1.82 bits per heavy atom. The van der Waals surface area contributed by atoms with Crippen LogP contribution in [0.2, 0.25) is 0 Å². The summed E-state index contributed by atoms with van der Waals surface area (Å²) >= 11 is 0. The summed E-state index contributed by atoms with van der Waals surface area (Å²) in [6.45, 7) is 4.94. The first-order valence-corrected chi connectivity index (χ1v) is 3.77. The zero-order chi connectivity index (χ0) is 8.27. The minimum Gasteiger partial charge on any atom is -0.269 e. The van der Waals surface area contributed by atoms with Gasteiger partial charge in [-0.05, 0) is 19.9 Å². The second-order valence-electron chi connectivity index (χ2n) is 2.46. The van der Waals surface area contributed by atoms with Gasteiger partial charge in [0, 0.05) is 12.7 Å². The van der Waals surface area contributed by atoms with Crippen molar-refractivity contribution in [3.05, 3.63) is 18.0 Å². The summed E-state index contributed by atoms with van der Waals surface area (Å²) in [6, 6.07) is 1.97. The maximum Gasteiger partial charge on any atom is 0.0591 e. The van der Waals surface area contributed by atoms with E-state index in [-0.39, 0.29) is 5.92 Å². The molecule has 2 heteroatoms. The quantitative estimate of drug-likeness (QED) is 0.583. The van der Waals surface area contributed by atoms with Crippen molar-refractivity contribution in [2.75, 3.05) is 0 Å². The highest BCUT2D eigenvalue weighted by molar-refractivity contribution is 5.17. The van der Waals surface area contributed by atoms with Crippen LogP contribution in [0.5, 0.6) is 0 Å². The van der Waals surface area contributed by atoms with E-state index < -0.39 is 0 Å². The maximum atomic E-state index is 5.30. The number of nitrogens with zero attached hydrogens (tertiary/aromatic N) is 2. The molecule has 1 unspecified atom stereocenters. The predicted octanol–water partition coefficient (Wildman–Crippen LogP) is 1.64. The van der Waals surface area contributed by atoms with Crippen LogP contribution >= 0.6 is 0 Å². The van der Waals surface area contributed by atoms with E-state index in [1.807, 2.05) is 17.7 Å². The fraction of sp³-hybridized carbons (Fsp3) is 0.444. The van der Waals surface area contributed by atoms with Gasteiger partial charge in [0.1, 0.15) is 0 Å². The lowest BCUT2D eigenvalue weighted by molar-refractivity contribution is 0.615. The minimum atomic E-state index is 0.164. The number of hydrogen-bond acceptors (Lipinski definition) is 1. The molecule has 2 nitrogen and oxygen atoms in total. The SMILES string of the molecule is C#CC(C)c1ccnn1CC. The molecule has 0 N–H and O–H groups in total. The van der Waals surface area contributed by atoms with Crippen LogP contribution in [0.25, 0.3) is 0 Å². The van der Waals surface area contributed by atoms with Crippen LogP contribution in [0.3, 0.4) is 0 Å². The zero-order valence-corrected chi connectivity index (χ0v) is 6.91. The molecule has 58 valence electrons. The van der Waals surface area contributed by atoms with E-state index in [2.05, 4.69) is 17.9 Å². The normalized spacial score (nSPS) is 12.5. The zero-order valence-electron chi connectivity index (χ0n) is 6.91. The lowest BCUT2D eigenvalue weighted by Crippen LogP contribution is -2.04. The maximum absolute atomic E-state index is 5.30. The Hall–Kier alpha value is -1.23. The van der Waals surface area contributed by atoms with Gasteiger partial charge in [-0.2, -0.15) is 5.10 Å². The first kappa shape index (κ1) is 7.87. The van der Waals surface area contributed by atoms with Crippen LogP contribution in [-0.4, -0.2) is 9.78 Å². The highest BCUT2D eigenvalue weighted by atomic mass is 15.3. The summed E-state index contributed by atoms with van der Waals surface area (Å²) in [5, 5.41) is 4.12. The smallest absolute Gasteiger partial charge is 0.0591 e. The Labute approximate surface area is 67.2 Å². The van der Waals surface area contributed by atoms with Crippen molar-refractivity contribution in [2.45, 2.75) is 26.3 Å². The molecule has 1 aromatic heterocycles. The molecule has 0 amide bonds. The van der Waals surface area contributed by atoms with Crippen molar-refractivity contribution in [3.63, 3.8) is 0 Å². The Morgan fingerprint density at radius 2 is 2.55 bits per heavy atom. The lowest BCUT2D eigenvalue weighted by atomic mass is 10.1. The first-order valence-electron chi connectivity index (χ1n) is 3.77. The molecule has 0 bridgehead atoms. The molecule has 1 aromatic rings. The lowest BCUT2D eigenvalue weighted by Gasteiger charge is -2.05. The van der Waals surface area contributed by atoms with Crippen molar-refractivity contribution in [2.24, 2.45) is 0 Å². The Kier molecular flexibility index (Phi) is 2.32. The molecule has 0 fully saturated rings. The van der Waals surface area contributed by atoms with E-state index in [0.29, 0.717) is 0 Å². The predicted molar refractivity (Wildman–Crippen MR) is 45.1 cm³/mol. The molecule has 0 spiro atoms. The third-order valence-electron chi connectivity index (χ3n) is 1.74. The van der Waals surface area contributed by atoms with Crippen LogP contribution < -0.4 is 0 Å². The van der Waals surface area contributed by atoms with Crippen molar-refractivity contribution >= 4 is 0 Å². The average Bonchev–Trinajstić information content (AvgIpc) is 2.50. The van der Waals surface area contributed by atoms with Gasteiger partial charge in [0.15, 0.2) is 0 Å². The molecular weight excluding hydrogens is 136 g/mol. The summed E-state index contributed by atoms with van der Waals surface area (Å²) in [4.78, 5) is 0. The Morgan fingerprint density at radius 3 is 3.09 bits per heavy atom. The fourth-order valence-corrected chi connectivity index (χ4v) is 1.06. The van der Waals surface area contributed by atoms with Gasteiger partial charge in [-0.3, -0.25) is 4.68 Å². The molecule has 0 saturated carbocycles. The second-order valence-corrected chi connectivity index (χ2v) is 2.46. The van der Waals surface area contributed by atoms with E-state index in [4.69, 9.17) is 6.42 Å². The van der Waals surface area contributed by atoms with E-state index in [1.165, 1.54) is 0 Å². The largest absolute Gasteiger partial charge is 0.269 e. The molecule has 0 aromatic carbocycles. The third kappa shape index (κ3) is 1.43. The second kappa shape index (κ2) is 3.25. The van der Waals surface area contributed by atoms with E-state index in [1.54, 1.807) is 6.20 Å². The monoisotopic (exact) mass is 148 g/mol. The molecule has 0 radical (unpaired) electrons. The molecule has 1 atom stereocenters. The van der Waals surface area contributed by atoms with Crippen LogP contribution in [0.4, 0.5) is 0 Å². The van der Waals surface area contributed by atoms with Crippen molar-refractivity contribution in [1.29, 1.82) is 0 Å². The Bertz CT molecular complexity index is 267. The molecule has 0 aliphatic carbocycles. The number of hydrogen-bond donors (Lipinski definition) is 0. The van der Waals surface area contributed by atoms with Crippen molar-refractivity contribution in [3.8, 4) is 12.3 Å². The number of terminal acetylenes is 1. The summed E-state index contributed by atoms with van der Waals surface area (Å²) in [6.07, 6.45) is 7.08. The summed E-state index contributed by atoms with van der Waals surface area (Å²) < 4.78 is 1.92. The van der Waals surface area contributed by atoms with Gasteiger partial charge < -0.3 is 0 Å². The summed E-state index contributed by atoms with van der Waals surface area (Å²) in [5.74, 6) is 2.85. The highest BCUT2D eigenvalue weighted by Gasteiger charge is 2.05. The van der Waals surface area contributed by atoms with Gasteiger partial charge in [-0.1, -0.05) is 5.92 Å². The first-order chi connectivity index (χ1) is 5.29. The van der Waals surface area contributed by atoms with Gasteiger partial charge >= 0.3 is 0 Å². The molecule has 0 aliphatic rings. The fourth-order valence-electron chi connectivity index (χ4n) is 1.06. The molecule has 0 aliphatic heterocycles. The number of aromatic nitrogens is 2. The van der Waals surface area contributed by atoms with Gasteiger partial charge in [-0.25, -0.2) is 0 Å². The van der Waals surface area contributed by atoms with Crippen molar-refractivity contribution < 1.29 is 0 Å². The molecule has 1 heterocycles. The van der Waals surface area contributed by atoms with Crippen molar-refractivity contribution in [1.82, 2.24) is 9.78 Å². The van der Waals surface area contributed by atoms with E-state index >= 15 is 0 Å². The Balaban J connectivity index is 2.94. The van der Waals surface area contributed by atoms with E-state index in [0.717, 1.165) is 12.2 Å². The average molecular weight is 148 g/mol. The van der Waals surface area contributed by atoms with Gasteiger partial charge in [-0.15, -0.1) is 6.42 Å². The van der Waals surface area contributed by atoms with Crippen LogP contribution in [0, 0.1) is 12.3 Å². The highest BCUT2D eigenvalue weighted by Crippen LogP contribution is 2.12. The van der Waals surface area contributed by atoms with Gasteiger partial charge in [0.2, 0.25) is 0 Å². The number of aryl methyl sites for hydroxylation is 1. The van der Waals surface area contributed by atoms with E-state index in [9.17, 15) is 0 Å². The molecule has 0 saturated heterocycles. The molecular formula is C9H12N2. The van der Waals surface area contributed by atoms with Crippen LogP contribution in [-0.2, 0) is 6.54 Å². The molecule has 1 rings (SSSR count). The standard InChI is InChI=1S/C9H12N2/c1-4-8(3)9-6-7-10-11(9)5-2/h1,6-8H,5H2,2-3H3. The van der Waals surface area contributed by atoms with Gasteiger partial charge in [0.25, 0.3) is 0 Å². The molecule has 11 heavy (non-hydrogen) atoms.